The highest BCUT2D eigenvalue weighted by molar-refractivity contribution is 9.10. The SMILES string of the molecule is Cc1ccccc1C(=O)N1CCc2ccc(CNC(=O)c3ccccc3Br)cc21. The molecule has 146 valence electrons. The molecule has 1 N–H and O–H groups in total. The van der Waals surface area contributed by atoms with Crippen molar-refractivity contribution in [1.82, 2.24) is 5.32 Å². The van der Waals surface area contributed by atoms with Crippen LogP contribution in [0.3, 0.4) is 0 Å². The van der Waals surface area contributed by atoms with Crippen LogP contribution in [0.15, 0.2) is 71.2 Å². The Bertz CT molecular complexity index is 1090. The number of hydrogen-bond donors (Lipinski definition) is 1. The van der Waals surface area contributed by atoms with Gasteiger partial charge in [-0.15, -0.1) is 0 Å². The predicted octanol–water partition coefficient (Wildman–Crippen LogP) is 4.89. The number of nitrogens with zero attached hydrogens (tertiary/aromatic N) is 1. The van der Waals surface area contributed by atoms with Gasteiger partial charge in [0.15, 0.2) is 0 Å². The molecule has 3 aromatic rings. The van der Waals surface area contributed by atoms with Crippen LogP contribution < -0.4 is 10.2 Å². The molecule has 5 heteroatoms. The van der Waals surface area contributed by atoms with Crippen molar-refractivity contribution in [2.45, 2.75) is 19.9 Å². The highest BCUT2D eigenvalue weighted by Crippen LogP contribution is 2.31. The molecule has 2 amide bonds. The molecular weight excluding hydrogens is 428 g/mol. The summed E-state index contributed by atoms with van der Waals surface area (Å²) >= 11 is 3.41. The van der Waals surface area contributed by atoms with E-state index in [2.05, 4.69) is 27.3 Å². The first-order valence-electron chi connectivity index (χ1n) is 9.56. The summed E-state index contributed by atoms with van der Waals surface area (Å²) in [4.78, 5) is 27.4. The first-order chi connectivity index (χ1) is 14.0. The van der Waals surface area contributed by atoms with Gasteiger partial charge < -0.3 is 10.2 Å². The molecule has 0 atom stereocenters. The van der Waals surface area contributed by atoms with Gasteiger partial charge in [0, 0.05) is 28.8 Å². The number of fused-ring (bicyclic) bond motifs is 1. The van der Waals surface area contributed by atoms with Crippen molar-refractivity contribution < 1.29 is 9.59 Å². The topological polar surface area (TPSA) is 49.4 Å². The minimum Gasteiger partial charge on any atom is -0.348 e. The molecule has 0 aliphatic carbocycles. The Labute approximate surface area is 178 Å². The number of carbonyl (C=O) groups excluding carboxylic acids is 2. The van der Waals surface area contributed by atoms with Crippen molar-refractivity contribution in [2.75, 3.05) is 11.4 Å². The molecule has 0 unspecified atom stereocenters. The van der Waals surface area contributed by atoms with Gasteiger partial charge in [0.1, 0.15) is 0 Å². The molecule has 0 aromatic heterocycles. The van der Waals surface area contributed by atoms with Crippen molar-refractivity contribution >= 4 is 33.4 Å². The lowest BCUT2D eigenvalue weighted by atomic mass is 10.1. The fourth-order valence-corrected chi connectivity index (χ4v) is 4.09. The molecular formula is C24H21BrN2O2. The average Bonchev–Trinajstić information content (AvgIpc) is 3.15. The van der Waals surface area contributed by atoms with Gasteiger partial charge in [-0.25, -0.2) is 0 Å². The normalized spacial score (nSPS) is 12.6. The van der Waals surface area contributed by atoms with Crippen molar-refractivity contribution in [2.24, 2.45) is 0 Å². The maximum Gasteiger partial charge on any atom is 0.258 e. The van der Waals surface area contributed by atoms with E-state index in [1.807, 2.05) is 66.4 Å². The van der Waals surface area contributed by atoms with E-state index in [9.17, 15) is 9.59 Å². The molecule has 1 aliphatic heterocycles. The van der Waals surface area contributed by atoms with Crippen molar-refractivity contribution in [3.8, 4) is 0 Å². The Hall–Kier alpha value is -2.92. The van der Waals surface area contributed by atoms with E-state index >= 15 is 0 Å². The summed E-state index contributed by atoms with van der Waals surface area (Å²) in [6, 6.07) is 21.1. The summed E-state index contributed by atoms with van der Waals surface area (Å²) in [5.74, 6) is -0.109. The van der Waals surface area contributed by atoms with E-state index < -0.39 is 0 Å². The summed E-state index contributed by atoms with van der Waals surface area (Å²) in [7, 11) is 0. The molecule has 29 heavy (non-hydrogen) atoms. The van der Waals surface area contributed by atoms with Crippen LogP contribution in [-0.2, 0) is 13.0 Å². The van der Waals surface area contributed by atoms with Gasteiger partial charge in [0.05, 0.1) is 5.56 Å². The number of halogens is 1. The zero-order chi connectivity index (χ0) is 20.4. The third-order valence-electron chi connectivity index (χ3n) is 5.24. The monoisotopic (exact) mass is 448 g/mol. The van der Waals surface area contributed by atoms with Gasteiger partial charge in [-0.1, -0.05) is 42.5 Å². The molecule has 3 aromatic carbocycles. The lowest BCUT2D eigenvalue weighted by Crippen LogP contribution is -2.29. The Balaban J connectivity index is 1.52. The number of amides is 2. The minimum atomic E-state index is -0.134. The molecule has 0 radical (unpaired) electrons. The lowest BCUT2D eigenvalue weighted by Gasteiger charge is -2.19. The van der Waals surface area contributed by atoms with E-state index in [0.29, 0.717) is 18.7 Å². The maximum absolute atomic E-state index is 13.1. The molecule has 0 spiro atoms. The van der Waals surface area contributed by atoms with E-state index in [0.717, 1.165) is 38.8 Å². The minimum absolute atomic E-state index is 0.0243. The number of aryl methyl sites for hydroxylation is 1. The molecule has 1 heterocycles. The van der Waals surface area contributed by atoms with Crippen LogP contribution >= 0.6 is 15.9 Å². The van der Waals surface area contributed by atoms with Gasteiger partial charge in [-0.3, -0.25) is 9.59 Å². The molecule has 0 fully saturated rings. The van der Waals surface area contributed by atoms with Crippen LogP contribution in [0, 0.1) is 6.92 Å². The number of rotatable bonds is 4. The second-order valence-corrected chi connectivity index (χ2v) is 8.00. The van der Waals surface area contributed by atoms with Crippen molar-refractivity contribution in [1.29, 1.82) is 0 Å². The maximum atomic E-state index is 13.1. The summed E-state index contributed by atoms with van der Waals surface area (Å²) in [6.07, 6.45) is 0.844. The third kappa shape index (κ3) is 3.96. The average molecular weight is 449 g/mol. The molecule has 4 nitrogen and oxygen atoms in total. The van der Waals surface area contributed by atoms with Crippen LogP contribution in [0.2, 0.25) is 0 Å². The van der Waals surface area contributed by atoms with Crippen molar-refractivity contribution in [3.05, 3.63) is 99.0 Å². The highest BCUT2D eigenvalue weighted by Gasteiger charge is 2.26. The number of hydrogen-bond acceptors (Lipinski definition) is 2. The number of benzene rings is 3. The van der Waals surface area contributed by atoms with Crippen LogP contribution in [0.25, 0.3) is 0 Å². The Kier molecular flexibility index (Phi) is 5.49. The fourth-order valence-electron chi connectivity index (χ4n) is 3.63. The van der Waals surface area contributed by atoms with Gasteiger partial charge in [0.25, 0.3) is 11.8 Å². The largest absolute Gasteiger partial charge is 0.348 e. The first-order valence-corrected chi connectivity index (χ1v) is 10.4. The van der Waals surface area contributed by atoms with Gasteiger partial charge in [-0.05, 0) is 70.2 Å². The lowest BCUT2D eigenvalue weighted by molar-refractivity contribution is 0.0948. The first kappa shape index (κ1) is 19.4. The third-order valence-corrected chi connectivity index (χ3v) is 5.93. The zero-order valence-corrected chi connectivity index (χ0v) is 17.7. The summed E-state index contributed by atoms with van der Waals surface area (Å²) in [5.41, 5.74) is 5.37. The van der Waals surface area contributed by atoms with Crippen molar-refractivity contribution in [3.63, 3.8) is 0 Å². The number of anilines is 1. The van der Waals surface area contributed by atoms with E-state index in [4.69, 9.17) is 0 Å². The molecule has 4 rings (SSSR count). The molecule has 1 aliphatic rings. The molecule has 0 saturated heterocycles. The van der Waals surface area contributed by atoms with Crippen LogP contribution in [-0.4, -0.2) is 18.4 Å². The van der Waals surface area contributed by atoms with Crippen LogP contribution in [0.5, 0.6) is 0 Å². The van der Waals surface area contributed by atoms with E-state index in [-0.39, 0.29) is 11.8 Å². The predicted molar refractivity (Wildman–Crippen MR) is 118 cm³/mol. The van der Waals surface area contributed by atoms with Crippen LogP contribution in [0.1, 0.15) is 37.4 Å². The van der Waals surface area contributed by atoms with Gasteiger partial charge >= 0.3 is 0 Å². The van der Waals surface area contributed by atoms with Gasteiger partial charge in [0.2, 0.25) is 0 Å². The quantitative estimate of drug-likeness (QED) is 0.617. The highest BCUT2D eigenvalue weighted by atomic mass is 79.9. The fraction of sp³-hybridized carbons (Fsp3) is 0.167. The number of carbonyl (C=O) groups is 2. The number of nitrogens with one attached hydrogen (secondary N) is 1. The Morgan fingerprint density at radius 3 is 2.48 bits per heavy atom. The second kappa shape index (κ2) is 8.21. The zero-order valence-electron chi connectivity index (χ0n) is 16.1. The summed E-state index contributed by atoms with van der Waals surface area (Å²) < 4.78 is 0.765. The second-order valence-electron chi connectivity index (χ2n) is 7.15. The van der Waals surface area contributed by atoms with E-state index in [1.54, 1.807) is 6.07 Å². The molecule has 0 bridgehead atoms. The van der Waals surface area contributed by atoms with Gasteiger partial charge in [-0.2, -0.15) is 0 Å². The van der Waals surface area contributed by atoms with E-state index in [1.165, 1.54) is 0 Å². The standard InChI is InChI=1S/C24H21BrN2O2/c1-16-6-2-3-7-19(16)24(29)27-13-12-18-11-10-17(14-22(18)27)15-26-23(28)20-8-4-5-9-21(20)25/h2-11,14H,12-13,15H2,1H3,(H,26,28). The summed E-state index contributed by atoms with van der Waals surface area (Å²) in [6.45, 7) is 3.03. The van der Waals surface area contributed by atoms with Crippen LogP contribution in [0.4, 0.5) is 5.69 Å². The Morgan fingerprint density at radius 1 is 1.00 bits per heavy atom. The Morgan fingerprint density at radius 2 is 1.72 bits per heavy atom. The summed E-state index contributed by atoms with van der Waals surface area (Å²) in [5, 5.41) is 2.96. The smallest absolute Gasteiger partial charge is 0.258 e. The molecule has 0 saturated carbocycles.